The van der Waals surface area contributed by atoms with Crippen LogP contribution in [0.2, 0.25) is 0 Å². The number of carboxylic acids is 1. The zero-order valence-corrected chi connectivity index (χ0v) is 19.8. The van der Waals surface area contributed by atoms with Gasteiger partial charge in [-0.3, -0.25) is 19.7 Å². The van der Waals surface area contributed by atoms with Crippen molar-refractivity contribution in [2.24, 2.45) is 0 Å². The van der Waals surface area contributed by atoms with Crippen LogP contribution < -0.4 is 10.0 Å². The lowest BCUT2D eigenvalue weighted by molar-refractivity contribution is -0.387. The third-order valence-electron chi connectivity index (χ3n) is 5.72. The molecule has 2 aliphatic heterocycles. The second-order valence-electron chi connectivity index (χ2n) is 8.37. The van der Waals surface area contributed by atoms with Crippen LogP contribution in [0.5, 0.6) is 0 Å². The number of carbonyl (C=O) groups is 3. The lowest BCUT2D eigenvalue weighted by Crippen LogP contribution is -2.71. The molecule has 12 heteroatoms. The highest BCUT2D eigenvalue weighted by Crippen LogP contribution is 2.50. The topological polar surface area (TPSA) is 142 Å². The van der Waals surface area contributed by atoms with Crippen LogP contribution in [0.4, 0.5) is 5.69 Å². The summed E-state index contributed by atoms with van der Waals surface area (Å²) in [4.78, 5) is 50.2. The van der Waals surface area contributed by atoms with Gasteiger partial charge in [-0.05, 0) is 37.4 Å². The van der Waals surface area contributed by atoms with Gasteiger partial charge in [-0.2, -0.15) is 0 Å². The second kappa shape index (κ2) is 9.28. The van der Waals surface area contributed by atoms with Crippen LogP contribution >= 0.6 is 23.7 Å². The zero-order chi connectivity index (χ0) is 24.6. The lowest BCUT2D eigenvalue weighted by atomic mass is 9.95. The molecule has 0 spiro atoms. The number of benzene rings is 2. The molecule has 178 valence electrons. The van der Waals surface area contributed by atoms with Crippen molar-refractivity contribution >= 4 is 47.2 Å². The van der Waals surface area contributed by atoms with Gasteiger partial charge in [0, 0.05) is 10.8 Å². The highest BCUT2D eigenvalue weighted by molar-refractivity contribution is 8.01. The van der Waals surface area contributed by atoms with E-state index in [4.69, 9.17) is 0 Å². The predicted molar refractivity (Wildman–Crippen MR) is 127 cm³/mol. The van der Waals surface area contributed by atoms with E-state index in [1.54, 1.807) is 62.4 Å². The van der Waals surface area contributed by atoms with Crippen LogP contribution in [0.1, 0.15) is 25.5 Å². The quantitative estimate of drug-likeness (QED) is 0.215. The molecule has 3 N–H and O–H groups in total. The van der Waals surface area contributed by atoms with Gasteiger partial charge in [-0.25, -0.2) is 9.52 Å². The smallest absolute Gasteiger partial charge is 0.327 e. The normalized spacial score (nSPS) is 23.5. The number of hydrogen-bond acceptors (Lipinski definition) is 8. The van der Waals surface area contributed by atoms with Crippen molar-refractivity contribution in [1.82, 2.24) is 14.9 Å². The Morgan fingerprint density at radius 3 is 2.47 bits per heavy atom. The van der Waals surface area contributed by atoms with Crippen molar-refractivity contribution in [3.8, 4) is 0 Å². The van der Waals surface area contributed by atoms with E-state index in [1.165, 1.54) is 22.7 Å². The molecule has 2 fully saturated rings. The van der Waals surface area contributed by atoms with E-state index in [2.05, 4.69) is 10.0 Å². The number of amides is 2. The molecule has 2 heterocycles. The van der Waals surface area contributed by atoms with Crippen LogP contribution in [0.15, 0.2) is 59.5 Å². The molecule has 10 nitrogen and oxygen atoms in total. The minimum absolute atomic E-state index is 0.0960. The lowest BCUT2D eigenvalue weighted by Gasteiger charge is -2.44. The van der Waals surface area contributed by atoms with E-state index >= 15 is 0 Å². The summed E-state index contributed by atoms with van der Waals surface area (Å²) in [6.07, 6.45) is 0. The van der Waals surface area contributed by atoms with Gasteiger partial charge in [0.1, 0.15) is 28.4 Å². The molecule has 2 amide bonds. The van der Waals surface area contributed by atoms with Gasteiger partial charge in [0.15, 0.2) is 0 Å². The maximum atomic E-state index is 13.3. The van der Waals surface area contributed by atoms with Crippen LogP contribution in [-0.2, 0) is 14.4 Å². The molecule has 34 heavy (non-hydrogen) atoms. The summed E-state index contributed by atoms with van der Waals surface area (Å²) in [5.74, 6) is -2.02. The van der Waals surface area contributed by atoms with Gasteiger partial charge < -0.3 is 15.3 Å². The fraction of sp³-hybridized carbons (Fsp3) is 0.318. The maximum absolute atomic E-state index is 13.3. The summed E-state index contributed by atoms with van der Waals surface area (Å²) >= 11 is 2.29. The van der Waals surface area contributed by atoms with Gasteiger partial charge in [0.05, 0.1) is 4.92 Å². The van der Waals surface area contributed by atoms with Crippen LogP contribution in [0.25, 0.3) is 0 Å². The monoisotopic (exact) mass is 502 g/mol. The number of hydrogen-bond donors (Lipinski definition) is 3. The fourth-order valence-electron chi connectivity index (χ4n) is 4.12. The molecule has 0 bridgehead atoms. The first-order chi connectivity index (χ1) is 16.1. The molecule has 0 aromatic heterocycles. The average Bonchev–Trinajstić information content (AvgIpc) is 3.06. The Balaban J connectivity index is 1.52. The summed E-state index contributed by atoms with van der Waals surface area (Å²) < 4.78 is 2.29. The Hall–Kier alpha value is -3.09. The van der Waals surface area contributed by atoms with E-state index in [0.29, 0.717) is 10.5 Å². The predicted octanol–water partition coefficient (Wildman–Crippen LogP) is 2.56. The van der Waals surface area contributed by atoms with E-state index in [0.717, 1.165) is 11.9 Å². The Morgan fingerprint density at radius 2 is 1.82 bits per heavy atom. The van der Waals surface area contributed by atoms with Crippen molar-refractivity contribution in [3.05, 3.63) is 70.3 Å². The average molecular weight is 503 g/mol. The summed E-state index contributed by atoms with van der Waals surface area (Å²) in [5.41, 5.74) is 0.513. The van der Waals surface area contributed by atoms with E-state index in [9.17, 15) is 29.6 Å². The summed E-state index contributed by atoms with van der Waals surface area (Å²) in [7, 11) is 0. The SMILES string of the molecule is CC1(C)S[C@@H]2[C@H](NC(=O)[C@H](NSc3ccccc3[N+](=O)[O-])c3ccccc3)C(=O)N2[C@H]1C(=O)O. The summed E-state index contributed by atoms with van der Waals surface area (Å²) in [6.45, 7) is 3.53. The highest BCUT2D eigenvalue weighted by Gasteiger charge is 2.64. The Kier molecular flexibility index (Phi) is 6.56. The number of fused-ring (bicyclic) bond motifs is 1. The van der Waals surface area contributed by atoms with Crippen molar-refractivity contribution < 1.29 is 24.4 Å². The van der Waals surface area contributed by atoms with Crippen molar-refractivity contribution in [1.29, 1.82) is 0 Å². The van der Waals surface area contributed by atoms with Gasteiger partial charge in [0.25, 0.3) is 5.69 Å². The number of thioether (sulfide) groups is 1. The van der Waals surface area contributed by atoms with Crippen LogP contribution in [-0.4, -0.2) is 54.9 Å². The number of nitro groups is 1. The Bertz CT molecular complexity index is 1150. The molecule has 0 radical (unpaired) electrons. The molecule has 4 atom stereocenters. The summed E-state index contributed by atoms with van der Waals surface area (Å²) in [5, 5.41) is 23.2. The first kappa shape index (κ1) is 24.0. The first-order valence-electron chi connectivity index (χ1n) is 10.4. The standard InChI is InChI=1S/C22H22N4O6S2/c1-22(2)17(21(29)30)25-19(28)16(20(25)33-22)23-18(27)15(12-8-4-3-5-9-12)24-34-14-11-7-6-10-13(14)26(31)32/h3-11,15-17,20,24H,1-2H3,(H,23,27)(H,29,30)/t15-,16-,17+,20-/m1/s1. The van der Waals surface area contributed by atoms with E-state index < -0.39 is 51.0 Å². The third kappa shape index (κ3) is 4.36. The van der Waals surface area contributed by atoms with Gasteiger partial charge in [0.2, 0.25) is 11.8 Å². The number of carboxylic acid groups (broad SMARTS) is 1. The molecular weight excluding hydrogens is 480 g/mol. The number of nitrogens with one attached hydrogen (secondary N) is 2. The van der Waals surface area contributed by atoms with E-state index in [-0.39, 0.29) is 5.69 Å². The molecule has 2 aromatic rings. The molecule has 0 aliphatic carbocycles. The Labute approximate surface area is 203 Å². The number of β-lactam (4-membered cyclic amide) rings is 1. The molecule has 0 unspecified atom stereocenters. The fourth-order valence-corrected chi connectivity index (χ4v) is 6.62. The third-order valence-corrected chi connectivity index (χ3v) is 8.21. The molecule has 4 rings (SSSR count). The van der Waals surface area contributed by atoms with Gasteiger partial charge >= 0.3 is 5.97 Å². The summed E-state index contributed by atoms with van der Waals surface area (Å²) in [6, 6.07) is 12.2. The first-order valence-corrected chi connectivity index (χ1v) is 12.1. The number of aliphatic carboxylic acids is 1. The molecule has 2 aliphatic rings. The molecule has 2 aromatic carbocycles. The Morgan fingerprint density at radius 1 is 1.18 bits per heavy atom. The molecule has 0 saturated carbocycles. The zero-order valence-electron chi connectivity index (χ0n) is 18.2. The van der Waals surface area contributed by atoms with Crippen molar-refractivity contribution in [2.75, 3.05) is 0 Å². The largest absolute Gasteiger partial charge is 0.480 e. The number of carbonyl (C=O) groups excluding carboxylic acids is 2. The number of para-hydroxylation sites is 1. The second-order valence-corrected chi connectivity index (χ2v) is 11.0. The van der Waals surface area contributed by atoms with Gasteiger partial charge in [-0.1, -0.05) is 42.5 Å². The van der Waals surface area contributed by atoms with Crippen LogP contribution in [0.3, 0.4) is 0 Å². The highest BCUT2D eigenvalue weighted by atomic mass is 32.2. The van der Waals surface area contributed by atoms with Gasteiger partial charge in [-0.15, -0.1) is 11.8 Å². The minimum Gasteiger partial charge on any atom is -0.480 e. The maximum Gasteiger partial charge on any atom is 0.327 e. The van der Waals surface area contributed by atoms with Crippen LogP contribution in [0, 0.1) is 10.1 Å². The number of nitro benzene ring substituents is 1. The molecule has 2 saturated heterocycles. The molecular formula is C22H22N4O6S2. The van der Waals surface area contributed by atoms with E-state index in [1.807, 2.05) is 0 Å². The van der Waals surface area contributed by atoms with Crippen molar-refractivity contribution in [2.45, 2.75) is 47.0 Å². The van der Waals surface area contributed by atoms with Crippen molar-refractivity contribution in [3.63, 3.8) is 0 Å². The number of nitrogens with zero attached hydrogens (tertiary/aromatic N) is 2. The number of rotatable bonds is 8. The minimum atomic E-state index is -1.08.